The average Bonchev–Trinajstić information content (AvgIpc) is 3.05. The lowest BCUT2D eigenvalue weighted by Gasteiger charge is -2.34. The van der Waals surface area contributed by atoms with Crippen molar-refractivity contribution in [3.8, 4) is 11.1 Å². The van der Waals surface area contributed by atoms with E-state index in [2.05, 4.69) is 10.6 Å². The maximum atomic E-state index is 15.3. The van der Waals surface area contributed by atoms with E-state index in [9.17, 15) is 9.59 Å². The highest BCUT2D eigenvalue weighted by Gasteiger charge is 2.38. The summed E-state index contributed by atoms with van der Waals surface area (Å²) in [6, 6.07) is 3.97. The summed E-state index contributed by atoms with van der Waals surface area (Å²) in [5.41, 5.74) is -3.62. The number of esters is 2. The van der Waals surface area contributed by atoms with Gasteiger partial charge in [-0.15, -0.1) is 0 Å². The van der Waals surface area contributed by atoms with Crippen molar-refractivity contribution < 1.29 is 36.6 Å². The summed E-state index contributed by atoms with van der Waals surface area (Å²) in [7, 11) is 0. The van der Waals surface area contributed by atoms with Crippen molar-refractivity contribution in [3.05, 3.63) is 58.7 Å². The highest BCUT2D eigenvalue weighted by Crippen LogP contribution is 2.34. The van der Waals surface area contributed by atoms with Gasteiger partial charge in [0.05, 0.1) is 11.1 Å². The van der Waals surface area contributed by atoms with Gasteiger partial charge in [0.2, 0.25) is 0 Å². The van der Waals surface area contributed by atoms with E-state index in [0.717, 1.165) is 24.3 Å². The Balaban J connectivity index is 1.52. The Bertz CT molecular complexity index is 1330. The zero-order valence-electron chi connectivity index (χ0n) is 26.9. The third-order valence-electron chi connectivity index (χ3n) is 8.45. The van der Waals surface area contributed by atoms with Crippen LogP contribution < -0.4 is 10.6 Å². The van der Waals surface area contributed by atoms with Crippen LogP contribution >= 0.6 is 0 Å². The zero-order valence-corrected chi connectivity index (χ0v) is 26.9. The standard InChI is InChI=1S/C34H44F4N2O4/c1-31(2)15-13-19(17-33(5,6)39-31)43-29(41)23-11-9-21(25(35)27(23)37)22-10-12-24(28(38)26(22)36)30(42)44-20-14-16-32(3,4)40-34(7,8)18-20/h9-12,19-20,39-40H,13-18H2,1-8H3. The van der Waals surface area contributed by atoms with Crippen LogP contribution in [0.2, 0.25) is 0 Å². The van der Waals surface area contributed by atoms with Gasteiger partial charge in [0, 0.05) is 46.1 Å². The second-order valence-corrected chi connectivity index (χ2v) is 14.9. The van der Waals surface area contributed by atoms with Crippen LogP contribution in [0.25, 0.3) is 11.1 Å². The predicted molar refractivity (Wildman–Crippen MR) is 160 cm³/mol. The number of halogens is 4. The van der Waals surface area contributed by atoms with E-state index in [1.54, 1.807) is 0 Å². The lowest BCUT2D eigenvalue weighted by atomic mass is 9.96. The van der Waals surface area contributed by atoms with Crippen molar-refractivity contribution in [1.29, 1.82) is 0 Å². The molecule has 0 saturated carbocycles. The minimum atomic E-state index is -1.53. The Morgan fingerprint density at radius 2 is 0.932 bits per heavy atom. The van der Waals surface area contributed by atoms with Crippen molar-refractivity contribution in [1.82, 2.24) is 10.6 Å². The smallest absolute Gasteiger partial charge is 0.341 e. The van der Waals surface area contributed by atoms with Gasteiger partial charge in [-0.1, -0.05) is 12.1 Å². The van der Waals surface area contributed by atoms with Gasteiger partial charge in [-0.05, 0) is 93.2 Å². The first-order chi connectivity index (χ1) is 20.2. The fraction of sp³-hybridized carbons (Fsp3) is 0.588. The molecule has 10 heteroatoms. The first kappa shape index (κ1) is 33.9. The van der Waals surface area contributed by atoms with Gasteiger partial charge in [0.25, 0.3) is 0 Å². The topological polar surface area (TPSA) is 76.7 Å². The quantitative estimate of drug-likeness (QED) is 0.265. The number of benzene rings is 2. The number of hydrogen-bond acceptors (Lipinski definition) is 6. The largest absolute Gasteiger partial charge is 0.459 e. The first-order valence-electron chi connectivity index (χ1n) is 15.2. The molecule has 2 fully saturated rings. The summed E-state index contributed by atoms with van der Waals surface area (Å²) < 4.78 is 72.0. The van der Waals surface area contributed by atoms with Crippen molar-refractivity contribution in [3.63, 3.8) is 0 Å². The van der Waals surface area contributed by atoms with E-state index in [1.807, 2.05) is 55.4 Å². The van der Waals surface area contributed by atoms with Gasteiger partial charge in [-0.2, -0.15) is 0 Å². The molecule has 2 heterocycles. The third-order valence-corrected chi connectivity index (χ3v) is 8.45. The van der Waals surface area contributed by atoms with Crippen molar-refractivity contribution in [2.45, 2.75) is 128 Å². The summed E-state index contributed by atoms with van der Waals surface area (Å²) in [6.45, 7) is 16.1. The average molecular weight is 621 g/mol. The Kier molecular flexibility index (Phi) is 9.31. The van der Waals surface area contributed by atoms with Gasteiger partial charge < -0.3 is 20.1 Å². The maximum absolute atomic E-state index is 15.3. The highest BCUT2D eigenvalue weighted by atomic mass is 19.2. The molecular weight excluding hydrogens is 576 g/mol. The molecule has 2 saturated heterocycles. The molecule has 0 amide bonds. The van der Waals surface area contributed by atoms with Crippen molar-refractivity contribution >= 4 is 11.9 Å². The minimum absolute atomic E-state index is 0.198. The lowest BCUT2D eigenvalue weighted by Crippen LogP contribution is -2.51. The molecule has 2 aromatic carbocycles. The van der Waals surface area contributed by atoms with Crippen LogP contribution in [0.4, 0.5) is 17.6 Å². The first-order valence-corrected chi connectivity index (χ1v) is 15.2. The molecule has 0 spiro atoms. The van der Waals surface area contributed by atoms with Gasteiger partial charge in [0.1, 0.15) is 12.2 Å². The molecule has 6 nitrogen and oxygen atoms in total. The summed E-state index contributed by atoms with van der Waals surface area (Å²) >= 11 is 0. The molecule has 2 atom stereocenters. The van der Waals surface area contributed by atoms with E-state index < -0.39 is 69.7 Å². The van der Waals surface area contributed by atoms with Crippen LogP contribution in [0.15, 0.2) is 24.3 Å². The van der Waals surface area contributed by atoms with Crippen LogP contribution in [0.3, 0.4) is 0 Å². The number of ether oxygens (including phenoxy) is 2. The molecule has 4 rings (SSSR count). The number of carbonyl (C=O) groups excluding carboxylic acids is 2. The van der Waals surface area contributed by atoms with Crippen LogP contribution in [0.1, 0.15) is 115 Å². The molecule has 0 aromatic heterocycles. The summed E-state index contributed by atoms with van der Waals surface area (Å²) in [4.78, 5) is 25.8. The number of nitrogens with one attached hydrogen (secondary N) is 2. The third kappa shape index (κ3) is 7.80. The molecule has 2 aliphatic rings. The van der Waals surface area contributed by atoms with Crippen LogP contribution in [-0.2, 0) is 9.47 Å². The molecule has 2 aliphatic heterocycles. The highest BCUT2D eigenvalue weighted by molar-refractivity contribution is 5.92. The summed E-state index contributed by atoms with van der Waals surface area (Å²) in [5.74, 6) is -8.22. The zero-order chi connectivity index (χ0) is 32.8. The molecule has 2 N–H and O–H groups in total. The molecule has 0 bridgehead atoms. The van der Waals surface area contributed by atoms with Crippen molar-refractivity contribution in [2.24, 2.45) is 0 Å². The minimum Gasteiger partial charge on any atom is -0.459 e. The molecule has 2 unspecified atom stereocenters. The SMILES string of the molecule is CC1(C)CCC(OC(=O)c2ccc(-c3ccc(C(=O)OC4CCC(C)(C)NC(C)(C)C4)c(F)c3F)c(F)c2F)CC(C)(C)N1. The molecule has 0 radical (unpaired) electrons. The van der Waals surface area contributed by atoms with Gasteiger partial charge in [-0.25, -0.2) is 27.2 Å². The summed E-state index contributed by atoms with van der Waals surface area (Å²) in [5, 5.41) is 7.02. The maximum Gasteiger partial charge on any atom is 0.341 e. The second-order valence-electron chi connectivity index (χ2n) is 14.9. The van der Waals surface area contributed by atoms with E-state index in [1.165, 1.54) is 0 Å². The lowest BCUT2D eigenvalue weighted by molar-refractivity contribution is 0.0211. The summed E-state index contributed by atoms with van der Waals surface area (Å²) in [6.07, 6.45) is 2.35. The Labute approximate surface area is 257 Å². The van der Waals surface area contributed by atoms with Gasteiger partial charge in [-0.3, -0.25) is 0 Å². The number of hydrogen-bond donors (Lipinski definition) is 2. The Hall–Kier alpha value is -2.98. The van der Waals surface area contributed by atoms with E-state index in [0.29, 0.717) is 38.5 Å². The molecule has 0 aliphatic carbocycles. The van der Waals surface area contributed by atoms with Crippen LogP contribution in [0.5, 0.6) is 0 Å². The van der Waals surface area contributed by atoms with Crippen LogP contribution in [0, 0.1) is 23.3 Å². The van der Waals surface area contributed by atoms with E-state index >= 15 is 17.6 Å². The van der Waals surface area contributed by atoms with Crippen molar-refractivity contribution in [2.75, 3.05) is 0 Å². The Morgan fingerprint density at radius 3 is 1.27 bits per heavy atom. The molecular formula is C34H44F4N2O4. The van der Waals surface area contributed by atoms with Gasteiger partial charge >= 0.3 is 11.9 Å². The fourth-order valence-corrected chi connectivity index (χ4v) is 6.91. The predicted octanol–water partition coefficient (Wildman–Crippen LogP) is 7.62. The normalized spacial score (nSPS) is 24.1. The Morgan fingerprint density at radius 1 is 0.591 bits per heavy atom. The van der Waals surface area contributed by atoms with E-state index in [-0.39, 0.29) is 22.2 Å². The number of rotatable bonds is 5. The molecule has 2 aromatic rings. The van der Waals surface area contributed by atoms with Crippen LogP contribution in [-0.4, -0.2) is 46.3 Å². The second kappa shape index (κ2) is 12.1. The fourth-order valence-electron chi connectivity index (χ4n) is 6.91. The van der Waals surface area contributed by atoms with E-state index in [4.69, 9.17) is 9.47 Å². The number of carbonyl (C=O) groups is 2. The molecule has 242 valence electrons. The monoisotopic (exact) mass is 620 g/mol. The van der Waals surface area contributed by atoms with Gasteiger partial charge in [0.15, 0.2) is 23.3 Å². The molecule has 44 heavy (non-hydrogen) atoms.